The average Bonchev–Trinajstić information content (AvgIpc) is 3.42. The van der Waals surface area contributed by atoms with Crippen LogP contribution < -0.4 is 5.32 Å². The highest BCUT2D eigenvalue weighted by molar-refractivity contribution is 5.76. The molecule has 0 aromatic rings. The van der Waals surface area contributed by atoms with Gasteiger partial charge in [0.2, 0.25) is 5.91 Å². The molecule has 450 valence electrons. The molecule has 0 aliphatic heterocycles. The van der Waals surface area contributed by atoms with E-state index in [1.54, 1.807) is 6.08 Å². The van der Waals surface area contributed by atoms with Crippen molar-refractivity contribution in [1.82, 2.24) is 5.32 Å². The van der Waals surface area contributed by atoms with Gasteiger partial charge in [-0.1, -0.05) is 346 Å². The van der Waals surface area contributed by atoms with Crippen LogP contribution in [-0.4, -0.2) is 47.4 Å². The molecule has 0 radical (unpaired) electrons. The molecular weight excluding hydrogens is 935 g/mol. The van der Waals surface area contributed by atoms with Crippen LogP contribution >= 0.6 is 0 Å². The fraction of sp³-hybridized carbons (Fsp3) is 0.914. The summed E-state index contributed by atoms with van der Waals surface area (Å²) >= 11 is 0. The lowest BCUT2D eigenvalue weighted by Crippen LogP contribution is -2.45. The molecule has 2 atom stereocenters. The fourth-order valence-corrected chi connectivity index (χ4v) is 10.9. The van der Waals surface area contributed by atoms with Gasteiger partial charge in [-0.05, 0) is 51.4 Å². The number of amides is 1. The second-order valence-electron chi connectivity index (χ2n) is 23.9. The second-order valence-corrected chi connectivity index (χ2v) is 23.9. The molecule has 3 N–H and O–H groups in total. The van der Waals surface area contributed by atoms with E-state index in [0.29, 0.717) is 19.4 Å². The van der Waals surface area contributed by atoms with E-state index in [1.165, 1.54) is 315 Å². The first-order valence-electron chi connectivity index (χ1n) is 34.6. The summed E-state index contributed by atoms with van der Waals surface area (Å²) in [4.78, 5) is 24.5. The minimum Gasteiger partial charge on any atom is -0.466 e. The van der Waals surface area contributed by atoms with Gasteiger partial charge in [-0.15, -0.1) is 0 Å². The molecule has 2 unspecified atom stereocenters. The van der Waals surface area contributed by atoms with Crippen molar-refractivity contribution in [2.45, 2.75) is 398 Å². The van der Waals surface area contributed by atoms with Crippen LogP contribution in [0.1, 0.15) is 386 Å². The smallest absolute Gasteiger partial charge is 0.305 e. The molecule has 0 aromatic carbocycles. The van der Waals surface area contributed by atoms with E-state index in [4.69, 9.17) is 4.74 Å². The van der Waals surface area contributed by atoms with E-state index in [0.717, 1.165) is 44.9 Å². The summed E-state index contributed by atoms with van der Waals surface area (Å²) in [5.74, 6) is -0.0516. The van der Waals surface area contributed by atoms with Crippen LogP contribution in [0.15, 0.2) is 24.3 Å². The van der Waals surface area contributed by atoms with Gasteiger partial charge in [0.05, 0.1) is 25.4 Å². The van der Waals surface area contributed by atoms with Crippen LogP contribution in [0.5, 0.6) is 0 Å². The van der Waals surface area contributed by atoms with Gasteiger partial charge < -0.3 is 20.3 Å². The number of hydrogen-bond donors (Lipinski definition) is 3. The van der Waals surface area contributed by atoms with Gasteiger partial charge >= 0.3 is 5.97 Å². The monoisotopic (exact) mass is 1070 g/mol. The molecule has 0 saturated heterocycles. The lowest BCUT2D eigenvalue weighted by molar-refractivity contribution is -0.143. The first-order valence-corrected chi connectivity index (χ1v) is 34.6. The summed E-state index contributed by atoms with van der Waals surface area (Å²) in [5.41, 5.74) is 0. The predicted molar refractivity (Wildman–Crippen MR) is 333 cm³/mol. The third-order valence-electron chi connectivity index (χ3n) is 16.2. The van der Waals surface area contributed by atoms with Gasteiger partial charge in [0.25, 0.3) is 0 Å². The largest absolute Gasteiger partial charge is 0.466 e. The summed E-state index contributed by atoms with van der Waals surface area (Å²) in [5, 5.41) is 23.2. The van der Waals surface area contributed by atoms with Gasteiger partial charge in [-0.2, -0.15) is 0 Å². The Morgan fingerprint density at radius 3 is 0.974 bits per heavy atom. The second kappa shape index (κ2) is 65.9. The van der Waals surface area contributed by atoms with Crippen LogP contribution in [-0.2, 0) is 14.3 Å². The zero-order valence-electron chi connectivity index (χ0n) is 51.5. The number of unbranched alkanes of at least 4 members (excludes halogenated alkanes) is 52. The topological polar surface area (TPSA) is 95.9 Å². The van der Waals surface area contributed by atoms with Crippen LogP contribution in [0.4, 0.5) is 0 Å². The Labute approximate surface area is 475 Å². The molecule has 0 heterocycles. The van der Waals surface area contributed by atoms with Gasteiger partial charge in [0.1, 0.15) is 0 Å². The van der Waals surface area contributed by atoms with Crippen LogP contribution in [0.3, 0.4) is 0 Å². The number of hydrogen-bond acceptors (Lipinski definition) is 5. The van der Waals surface area contributed by atoms with Crippen molar-refractivity contribution in [2.75, 3.05) is 13.2 Å². The van der Waals surface area contributed by atoms with Gasteiger partial charge in [0.15, 0.2) is 0 Å². The maximum Gasteiger partial charge on any atom is 0.305 e. The van der Waals surface area contributed by atoms with Crippen LogP contribution in [0.25, 0.3) is 0 Å². The molecule has 1 amide bonds. The standard InChI is InChI=1S/C70H135NO5/c1-3-5-7-9-11-13-15-16-17-18-33-36-39-43-46-50-54-58-62-68(73)67(66-72)71-69(74)63-59-55-51-47-44-40-37-34-31-29-27-25-23-21-19-20-22-24-26-28-30-32-35-38-41-45-49-53-57-61-65-76-70(75)64-60-56-52-48-42-14-12-10-8-6-4-2/h10,12,58,62,67-68,72-73H,3-9,11,13-57,59-61,63-66H2,1-2H3,(H,71,74)/b12-10-,62-58+. The number of allylic oxidation sites excluding steroid dienone is 3. The average molecular weight is 1070 g/mol. The highest BCUT2D eigenvalue weighted by Gasteiger charge is 2.18. The van der Waals surface area contributed by atoms with E-state index in [9.17, 15) is 19.8 Å². The Morgan fingerprint density at radius 2 is 0.632 bits per heavy atom. The van der Waals surface area contributed by atoms with E-state index in [-0.39, 0.29) is 18.5 Å². The molecule has 6 nitrogen and oxygen atoms in total. The first-order chi connectivity index (χ1) is 37.5. The Kier molecular flexibility index (Phi) is 64.4. The van der Waals surface area contributed by atoms with E-state index < -0.39 is 12.1 Å². The number of carbonyl (C=O) groups is 2. The molecular formula is C70H135NO5. The fourth-order valence-electron chi connectivity index (χ4n) is 10.9. The number of aliphatic hydroxyl groups is 2. The Morgan fingerprint density at radius 1 is 0.355 bits per heavy atom. The number of nitrogens with one attached hydrogen (secondary N) is 1. The van der Waals surface area contributed by atoms with Crippen LogP contribution in [0, 0.1) is 0 Å². The molecule has 0 rings (SSSR count). The lowest BCUT2D eigenvalue weighted by Gasteiger charge is -2.20. The van der Waals surface area contributed by atoms with E-state index in [2.05, 4.69) is 31.3 Å². The van der Waals surface area contributed by atoms with Crippen molar-refractivity contribution in [3.8, 4) is 0 Å². The van der Waals surface area contributed by atoms with E-state index >= 15 is 0 Å². The summed E-state index contributed by atoms with van der Waals surface area (Å²) in [6.07, 6.45) is 82.6. The molecule has 0 bridgehead atoms. The molecule has 0 fully saturated rings. The molecule has 0 aliphatic carbocycles. The number of rotatable bonds is 65. The van der Waals surface area contributed by atoms with Gasteiger partial charge in [-0.3, -0.25) is 9.59 Å². The Hall–Kier alpha value is -1.66. The molecule has 0 spiro atoms. The maximum absolute atomic E-state index is 12.5. The molecule has 0 saturated carbocycles. The third kappa shape index (κ3) is 61.6. The summed E-state index contributed by atoms with van der Waals surface area (Å²) in [6, 6.07) is -0.625. The molecule has 76 heavy (non-hydrogen) atoms. The Bertz CT molecular complexity index is 1190. The zero-order chi connectivity index (χ0) is 55.0. The van der Waals surface area contributed by atoms with Crippen molar-refractivity contribution < 1.29 is 24.5 Å². The Balaban J connectivity index is 3.36. The first kappa shape index (κ1) is 74.3. The maximum atomic E-state index is 12.5. The highest BCUT2D eigenvalue weighted by Crippen LogP contribution is 2.19. The summed E-state index contributed by atoms with van der Waals surface area (Å²) < 4.78 is 5.47. The minimum absolute atomic E-state index is 0.00909. The number of carbonyl (C=O) groups excluding carboxylic acids is 2. The summed E-state index contributed by atoms with van der Waals surface area (Å²) in [7, 11) is 0. The predicted octanol–water partition coefficient (Wildman–Crippen LogP) is 22.1. The normalized spacial score (nSPS) is 12.6. The van der Waals surface area contributed by atoms with E-state index in [1.807, 2.05) is 6.08 Å². The minimum atomic E-state index is -0.842. The quantitative estimate of drug-likeness (QED) is 0.0320. The molecule has 6 heteroatoms. The zero-order valence-corrected chi connectivity index (χ0v) is 51.5. The van der Waals surface area contributed by atoms with Gasteiger partial charge in [0, 0.05) is 12.8 Å². The van der Waals surface area contributed by atoms with Gasteiger partial charge in [-0.25, -0.2) is 0 Å². The van der Waals surface area contributed by atoms with Crippen molar-refractivity contribution in [1.29, 1.82) is 0 Å². The number of ether oxygens (including phenoxy) is 1. The van der Waals surface area contributed by atoms with Crippen molar-refractivity contribution in [2.24, 2.45) is 0 Å². The molecule has 0 aliphatic rings. The van der Waals surface area contributed by atoms with Crippen LogP contribution in [0.2, 0.25) is 0 Å². The highest BCUT2D eigenvalue weighted by atomic mass is 16.5. The lowest BCUT2D eigenvalue weighted by atomic mass is 10.0. The number of esters is 1. The number of aliphatic hydroxyl groups excluding tert-OH is 2. The molecule has 0 aromatic heterocycles. The van der Waals surface area contributed by atoms with Crippen molar-refractivity contribution in [3.05, 3.63) is 24.3 Å². The van der Waals surface area contributed by atoms with Crippen molar-refractivity contribution >= 4 is 11.9 Å². The third-order valence-corrected chi connectivity index (χ3v) is 16.2. The SMILES string of the molecule is CCCC/C=C\CCCCCCCC(=O)OCCCCCCCCCCCCCCCCCCCCCCCCCCCCCCCCC(=O)NC(CO)C(O)/C=C/CCCCCCCCCCCCCCCCCC. The summed E-state index contributed by atoms with van der Waals surface area (Å²) in [6.45, 7) is 4.90. The van der Waals surface area contributed by atoms with Crippen molar-refractivity contribution in [3.63, 3.8) is 0 Å².